The van der Waals surface area contributed by atoms with Gasteiger partial charge in [-0.05, 0) is 24.6 Å². The normalized spacial score (nSPS) is 14.8. The van der Waals surface area contributed by atoms with Gasteiger partial charge in [-0.25, -0.2) is 6.57 Å². The molecule has 0 aliphatic heterocycles. The van der Waals surface area contributed by atoms with Crippen LogP contribution in [0.1, 0.15) is 47.5 Å². The van der Waals surface area contributed by atoms with Crippen molar-refractivity contribution in [3.05, 3.63) is 11.4 Å². The molecule has 0 aromatic carbocycles. The average molecular weight is 255 g/mol. The molecule has 2 nitrogen and oxygen atoms in total. The van der Waals surface area contributed by atoms with Gasteiger partial charge >= 0.3 is 0 Å². The van der Waals surface area contributed by atoms with Gasteiger partial charge in [0.05, 0.1) is 0 Å². The van der Waals surface area contributed by atoms with Crippen molar-refractivity contribution in [2.45, 2.75) is 71.6 Å². The Balaban J connectivity index is 4.50. The van der Waals surface area contributed by atoms with Gasteiger partial charge in [0.25, 0.3) is 0 Å². The van der Waals surface area contributed by atoms with E-state index in [1.807, 2.05) is 0 Å². The smallest absolute Gasteiger partial charge is 0.247 e. The zero-order valence-electron chi connectivity index (χ0n) is 12.6. The van der Waals surface area contributed by atoms with Crippen LogP contribution in [0.4, 0.5) is 0 Å². The first-order valence-electron chi connectivity index (χ1n) is 6.68. The van der Waals surface area contributed by atoms with Crippen molar-refractivity contribution in [2.24, 2.45) is 5.92 Å². The van der Waals surface area contributed by atoms with Crippen LogP contribution in [-0.4, -0.2) is 21.0 Å². The molecule has 0 fully saturated rings. The zero-order valence-corrected chi connectivity index (χ0v) is 13.6. The number of nitrogens with zero attached hydrogens (tertiary/aromatic N) is 1. The van der Waals surface area contributed by atoms with Crippen LogP contribution in [0.25, 0.3) is 4.85 Å². The summed E-state index contributed by atoms with van der Waals surface area (Å²) < 4.78 is 6.19. The number of rotatable bonds is 7. The summed E-state index contributed by atoms with van der Waals surface area (Å²) in [7, 11) is -1.72. The van der Waals surface area contributed by atoms with Crippen molar-refractivity contribution >= 4 is 8.32 Å². The van der Waals surface area contributed by atoms with Crippen LogP contribution in [0.15, 0.2) is 0 Å². The molecule has 0 rings (SSSR count). The highest BCUT2D eigenvalue weighted by molar-refractivity contribution is 6.74. The van der Waals surface area contributed by atoms with Crippen LogP contribution in [0.5, 0.6) is 0 Å². The fourth-order valence-corrected chi connectivity index (χ4v) is 3.62. The summed E-state index contributed by atoms with van der Waals surface area (Å²) in [6, 6.07) is 0.0131. The highest BCUT2D eigenvalue weighted by Gasteiger charge is 2.41. The van der Waals surface area contributed by atoms with Crippen LogP contribution in [-0.2, 0) is 4.43 Å². The third-order valence-electron chi connectivity index (χ3n) is 4.06. The first-order valence-corrected chi connectivity index (χ1v) is 9.59. The van der Waals surface area contributed by atoms with Crippen LogP contribution < -0.4 is 0 Å². The molecule has 0 aromatic heterocycles. The molecule has 0 radical (unpaired) electrons. The molecule has 0 unspecified atom stereocenters. The minimum absolute atomic E-state index is 0.0131. The van der Waals surface area contributed by atoms with Crippen molar-refractivity contribution in [3.8, 4) is 0 Å². The highest BCUT2D eigenvalue weighted by atomic mass is 28.4. The Morgan fingerprint density at radius 1 is 1.29 bits per heavy atom. The van der Waals surface area contributed by atoms with Gasteiger partial charge in [-0.1, -0.05) is 41.0 Å². The maximum atomic E-state index is 7.20. The van der Waals surface area contributed by atoms with Crippen LogP contribution in [0.2, 0.25) is 18.1 Å². The van der Waals surface area contributed by atoms with E-state index in [0.717, 1.165) is 0 Å². The summed E-state index contributed by atoms with van der Waals surface area (Å²) in [6.07, 6.45) is 2.40. The molecule has 0 aliphatic rings. The first-order chi connectivity index (χ1) is 7.68. The Morgan fingerprint density at radius 3 is 2.18 bits per heavy atom. The SMILES string of the molecule is [C-]#[N+][C@H](CO[Si](C)(C)C(C)(C)CCC)C(C)C. The molecular weight excluding hydrogens is 226 g/mol. The standard InChI is InChI=1S/C14H29NOSi/c1-9-10-14(4,5)17(7,8)16-11-13(15-6)12(2)3/h12-13H,9-11H2,1-5,7-8H3/t13-/m1/s1. The van der Waals surface area contributed by atoms with Gasteiger partial charge in [0.2, 0.25) is 6.04 Å². The lowest BCUT2D eigenvalue weighted by Gasteiger charge is -2.39. The van der Waals surface area contributed by atoms with Gasteiger partial charge in [0, 0.05) is 5.92 Å². The fourth-order valence-electron chi connectivity index (χ4n) is 1.79. The van der Waals surface area contributed by atoms with E-state index in [2.05, 4.69) is 52.6 Å². The average Bonchev–Trinajstić information content (AvgIpc) is 2.17. The minimum atomic E-state index is -1.72. The summed E-state index contributed by atoms with van der Waals surface area (Å²) >= 11 is 0. The second-order valence-electron chi connectivity index (χ2n) is 6.40. The summed E-state index contributed by atoms with van der Waals surface area (Å²) in [5.74, 6) is 0.381. The van der Waals surface area contributed by atoms with Crippen LogP contribution >= 0.6 is 0 Å². The first kappa shape index (κ1) is 16.7. The third-order valence-corrected chi connectivity index (χ3v) is 8.45. The van der Waals surface area contributed by atoms with E-state index in [9.17, 15) is 0 Å². The maximum absolute atomic E-state index is 7.20. The van der Waals surface area contributed by atoms with Gasteiger partial charge in [0.15, 0.2) is 8.32 Å². The molecule has 100 valence electrons. The molecule has 0 amide bonds. The van der Waals surface area contributed by atoms with Gasteiger partial charge in [-0.15, -0.1) is 0 Å². The van der Waals surface area contributed by atoms with Crippen LogP contribution in [0.3, 0.4) is 0 Å². The monoisotopic (exact) mass is 255 g/mol. The summed E-state index contributed by atoms with van der Waals surface area (Å²) in [4.78, 5) is 3.67. The Kier molecular flexibility index (Phi) is 6.43. The fraction of sp³-hybridized carbons (Fsp3) is 0.929. The number of hydrogen-bond donors (Lipinski definition) is 0. The zero-order chi connectivity index (χ0) is 13.7. The van der Waals surface area contributed by atoms with E-state index in [1.54, 1.807) is 0 Å². The van der Waals surface area contributed by atoms with Crippen molar-refractivity contribution < 1.29 is 4.43 Å². The van der Waals surface area contributed by atoms with E-state index >= 15 is 0 Å². The molecule has 0 saturated carbocycles. The highest BCUT2D eigenvalue weighted by Crippen LogP contribution is 2.42. The molecule has 17 heavy (non-hydrogen) atoms. The molecule has 0 bridgehead atoms. The largest absolute Gasteiger partial charge is 0.409 e. The Labute approximate surface area is 109 Å². The predicted molar refractivity (Wildman–Crippen MR) is 77.6 cm³/mol. The lowest BCUT2D eigenvalue weighted by atomic mass is 10.1. The number of hydrogen-bond acceptors (Lipinski definition) is 1. The second kappa shape index (κ2) is 6.56. The van der Waals surface area contributed by atoms with Gasteiger partial charge in [-0.3, -0.25) is 0 Å². The van der Waals surface area contributed by atoms with E-state index in [1.165, 1.54) is 12.8 Å². The van der Waals surface area contributed by atoms with Crippen molar-refractivity contribution in [2.75, 3.05) is 6.61 Å². The summed E-state index contributed by atoms with van der Waals surface area (Å²) in [6.45, 7) is 23.4. The summed E-state index contributed by atoms with van der Waals surface area (Å²) in [5.41, 5.74) is 0. The molecule has 0 spiro atoms. The Bertz CT molecular complexity index is 266. The van der Waals surface area contributed by atoms with E-state index in [-0.39, 0.29) is 11.1 Å². The third kappa shape index (κ3) is 4.81. The Hall–Kier alpha value is -0.333. The second-order valence-corrected chi connectivity index (χ2v) is 11.1. The van der Waals surface area contributed by atoms with Gasteiger partial charge in [-0.2, -0.15) is 0 Å². The molecule has 0 N–H and O–H groups in total. The topological polar surface area (TPSA) is 13.6 Å². The molecule has 0 aliphatic carbocycles. The maximum Gasteiger partial charge on any atom is 0.247 e. The quantitative estimate of drug-likeness (QED) is 0.473. The van der Waals surface area contributed by atoms with E-state index < -0.39 is 8.32 Å². The predicted octanol–water partition coefficient (Wildman–Crippen LogP) is 4.73. The molecule has 0 heterocycles. The molecular formula is C14H29NOSi. The minimum Gasteiger partial charge on any atom is -0.409 e. The van der Waals surface area contributed by atoms with Crippen molar-refractivity contribution in [1.82, 2.24) is 0 Å². The molecule has 1 atom stereocenters. The molecule has 0 saturated heterocycles. The summed E-state index contributed by atoms with van der Waals surface area (Å²) in [5, 5.41) is 0.283. The molecule has 0 aromatic rings. The van der Waals surface area contributed by atoms with Crippen LogP contribution in [0, 0.1) is 12.5 Å². The van der Waals surface area contributed by atoms with E-state index in [4.69, 9.17) is 11.0 Å². The van der Waals surface area contributed by atoms with E-state index in [0.29, 0.717) is 12.5 Å². The lowest BCUT2D eigenvalue weighted by molar-refractivity contribution is 0.250. The Morgan fingerprint density at radius 2 is 1.82 bits per heavy atom. The van der Waals surface area contributed by atoms with Gasteiger partial charge < -0.3 is 9.27 Å². The van der Waals surface area contributed by atoms with Crippen molar-refractivity contribution in [1.29, 1.82) is 0 Å². The molecule has 3 heteroatoms. The lowest BCUT2D eigenvalue weighted by Crippen LogP contribution is -2.44. The van der Waals surface area contributed by atoms with Gasteiger partial charge in [0.1, 0.15) is 6.61 Å². The van der Waals surface area contributed by atoms with Crippen molar-refractivity contribution in [3.63, 3.8) is 0 Å².